The first-order chi connectivity index (χ1) is 13.5. The molecule has 0 N–H and O–H groups in total. The van der Waals surface area contributed by atoms with Crippen LogP contribution in [-0.4, -0.2) is 28.9 Å². The molecule has 3 nitrogen and oxygen atoms in total. The van der Waals surface area contributed by atoms with Crippen LogP contribution in [0.1, 0.15) is 37.3 Å². The van der Waals surface area contributed by atoms with Crippen LogP contribution in [0.5, 0.6) is 0 Å². The van der Waals surface area contributed by atoms with Crippen molar-refractivity contribution < 1.29 is 4.79 Å². The average Bonchev–Trinajstić information content (AvgIpc) is 3.09. The van der Waals surface area contributed by atoms with E-state index in [1.54, 1.807) is 23.1 Å². The number of rotatable bonds is 2. The summed E-state index contributed by atoms with van der Waals surface area (Å²) < 4.78 is 3.33. The summed E-state index contributed by atoms with van der Waals surface area (Å²) in [5.74, 6) is 0.292. The third-order valence-electron chi connectivity index (χ3n) is 6.39. The van der Waals surface area contributed by atoms with Gasteiger partial charge >= 0.3 is 0 Å². The number of benzene rings is 2. The highest BCUT2D eigenvalue weighted by atomic mass is 79.9. The fourth-order valence-corrected chi connectivity index (χ4v) is 7.58. The number of thiazole rings is 1. The zero-order valence-electron chi connectivity index (χ0n) is 15.9. The van der Waals surface area contributed by atoms with Crippen LogP contribution in [0, 0.1) is 0 Å². The fraction of sp³-hybridized carbons (Fsp3) is 0.364. The van der Waals surface area contributed by atoms with Gasteiger partial charge in [-0.25, -0.2) is 4.98 Å². The van der Waals surface area contributed by atoms with Gasteiger partial charge in [0.1, 0.15) is 0 Å². The molecule has 0 radical (unpaired) electrons. The Morgan fingerprint density at radius 1 is 1.29 bits per heavy atom. The third kappa shape index (κ3) is 2.92. The Hall–Kier alpha value is -1.37. The lowest BCUT2D eigenvalue weighted by atomic mass is 9.63. The zero-order valence-corrected chi connectivity index (χ0v) is 19.1. The highest BCUT2D eigenvalue weighted by Gasteiger charge is 2.46. The van der Waals surface area contributed by atoms with E-state index in [4.69, 9.17) is 4.98 Å². The molecule has 1 amide bonds. The lowest BCUT2D eigenvalue weighted by molar-refractivity contribution is -0.138. The van der Waals surface area contributed by atoms with Crippen LogP contribution in [0.15, 0.2) is 50.1 Å². The number of amides is 1. The second-order valence-corrected chi connectivity index (χ2v) is 11.2. The molecule has 2 aliphatic rings. The van der Waals surface area contributed by atoms with E-state index in [2.05, 4.69) is 53.2 Å². The summed E-state index contributed by atoms with van der Waals surface area (Å²) >= 11 is 7.08. The van der Waals surface area contributed by atoms with Crippen molar-refractivity contribution in [3.8, 4) is 0 Å². The minimum absolute atomic E-state index is 0.0696. The molecule has 0 saturated carbocycles. The second-order valence-electron chi connectivity index (χ2n) is 7.96. The largest absolute Gasteiger partial charge is 0.342 e. The van der Waals surface area contributed by atoms with Crippen molar-refractivity contribution in [2.24, 2.45) is 0 Å². The number of hydrogen-bond acceptors (Lipinski definition) is 4. The topological polar surface area (TPSA) is 33.2 Å². The number of likely N-dealkylation sites (N-methyl/N-ethyl adjacent to an activating group) is 1. The lowest BCUT2D eigenvalue weighted by Crippen LogP contribution is -2.56. The molecule has 28 heavy (non-hydrogen) atoms. The van der Waals surface area contributed by atoms with Crippen molar-refractivity contribution >= 4 is 55.2 Å². The number of aromatic nitrogens is 1. The van der Waals surface area contributed by atoms with Gasteiger partial charge in [0.05, 0.1) is 10.2 Å². The summed E-state index contributed by atoms with van der Waals surface area (Å²) in [4.78, 5) is 20.2. The van der Waals surface area contributed by atoms with E-state index in [1.165, 1.54) is 20.7 Å². The van der Waals surface area contributed by atoms with Crippen LogP contribution in [-0.2, 0) is 16.6 Å². The predicted molar refractivity (Wildman–Crippen MR) is 119 cm³/mol. The lowest BCUT2D eigenvalue weighted by Gasteiger charge is -2.50. The number of halogens is 1. The fourth-order valence-electron chi connectivity index (χ4n) is 4.87. The normalized spacial score (nSPS) is 24.3. The molecular formula is C22H21BrN2OS2. The van der Waals surface area contributed by atoms with Gasteiger partial charge < -0.3 is 4.90 Å². The van der Waals surface area contributed by atoms with Gasteiger partial charge in [-0.3, -0.25) is 4.79 Å². The quantitative estimate of drug-likeness (QED) is 0.455. The molecule has 2 aromatic carbocycles. The Morgan fingerprint density at radius 2 is 2.14 bits per heavy atom. The molecule has 1 aliphatic heterocycles. The van der Waals surface area contributed by atoms with Gasteiger partial charge in [-0.15, -0.1) is 11.3 Å². The van der Waals surface area contributed by atoms with Crippen LogP contribution in [0.4, 0.5) is 0 Å². The van der Waals surface area contributed by atoms with Gasteiger partial charge in [-0.1, -0.05) is 30.8 Å². The van der Waals surface area contributed by atoms with Crippen molar-refractivity contribution in [2.45, 2.75) is 53.3 Å². The minimum Gasteiger partial charge on any atom is -0.342 e. The Morgan fingerprint density at radius 3 is 2.96 bits per heavy atom. The molecule has 1 saturated heterocycles. The monoisotopic (exact) mass is 472 g/mol. The van der Waals surface area contributed by atoms with Gasteiger partial charge in [0.15, 0.2) is 4.34 Å². The first-order valence-electron chi connectivity index (χ1n) is 9.58. The van der Waals surface area contributed by atoms with Crippen LogP contribution in [0.2, 0.25) is 0 Å². The number of fused-ring (bicyclic) bond motifs is 4. The summed E-state index contributed by atoms with van der Waals surface area (Å²) in [6, 6.07) is 13.4. The molecule has 1 aliphatic carbocycles. The smallest absolute Gasteiger partial charge is 0.222 e. The Balaban J connectivity index is 1.46. The highest BCUT2D eigenvalue weighted by molar-refractivity contribution is 9.10. The Labute approximate surface area is 181 Å². The molecule has 144 valence electrons. The van der Waals surface area contributed by atoms with Gasteiger partial charge in [0.25, 0.3) is 0 Å². The molecule has 5 rings (SSSR count). The molecule has 1 unspecified atom stereocenters. The highest BCUT2D eigenvalue weighted by Crippen LogP contribution is 2.47. The van der Waals surface area contributed by atoms with Crippen LogP contribution in [0.3, 0.4) is 0 Å². The number of nitrogens with zero attached hydrogens (tertiary/aromatic N) is 2. The van der Waals surface area contributed by atoms with Crippen LogP contribution in [0.25, 0.3) is 10.2 Å². The molecule has 0 bridgehead atoms. The Bertz CT molecular complexity index is 1100. The summed E-state index contributed by atoms with van der Waals surface area (Å²) in [5.41, 5.74) is 3.98. The Kier molecular flexibility index (Phi) is 4.56. The summed E-state index contributed by atoms with van der Waals surface area (Å²) in [6.45, 7) is 2.34. The first-order valence-corrected chi connectivity index (χ1v) is 12.0. The molecule has 6 heteroatoms. The summed E-state index contributed by atoms with van der Waals surface area (Å²) in [6.07, 6.45) is 3.69. The van der Waals surface area contributed by atoms with E-state index < -0.39 is 0 Å². The molecule has 0 spiro atoms. The number of likely N-dealkylation sites (tertiary alicyclic amines) is 1. The van der Waals surface area contributed by atoms with Crippen molar-refractivity contribution in [3.05, 3.63) is 52.0 Å². The van der Waals surface area contributed by atoms with Crippen molar-refractivity contribution in [1.29, 1.82) is 0 Å². The summed E-state index contributed by atoms with van der Waals surface area (Å²) in [7, 11) is 1.98. The second kappa shape index (κ2) is 6.85. The van der Waals surface area contributed by atoms with Crippen LogP contribution < -0.4 is 0 Å². The maximum atomic E-state index is 12.2. The minimum atomic E-state index is 0.0696. The van der Waals surface area contributed by atoms with Crippen molar-refractivity contribution in [2.75, 3.05) is 7.05 Å². The van der Waals surface area contributed by atoms with E-state index in [1.807, 2.05) is 18.0 Å². The molecule has 1 fully saturated rings. The maximum Gasteiger partial charge on any atom is 0.222 e. The molecule has 3 aromatic rings. The van der Waals surface area contributed by atoms with E-state index in [0.717, 1.165) is 33.6 Å². The molecule has 2 atom stereocenters. The molecule has 2 heterocycles. The van der Waals surface area contributed by atoms with Gasteiger partial charge in [-0.05, 0) is 70.6 Å². The number of piperidine rings is 1. The zero-order chi connectivity index (χ0) is 19.5. The standard InChI is InChI=1S/C22H21BrN2OS2/c1-22-11-10-19(26)25(2)18(22)9-6-13-12-14(7-8-15(13)22)27-21-24-20-16(23)4-3-5-17(20)28-21/h3-5,7-8,12,18H,6,9-11H2,1-2H3/t18?,22-/m1/s1. The van der Waals surface area contributed by atoms with Gasteiger partial charge in [-0.2, -0.15) is 0 Å². The van der Waals surface area contributed by atoms with E-state index >= 15 is 0 Å². The van der Waals surface area contributed by atoms with Crippen molar-refractivity contribution in [3.63, 3.8) is 0 Å². The molecular weight excluding hydrogens is 452 g/mol. The number of hydrogen-bond donors (Lipinski definition) is 0. The third-order valence-corrected chi connectivity index (χ3v) is 9.10. The maximum absolute atomic E-state index is 12.2. The van der Waals surface area contributed by atoms with E-state index in [9.17, 15) is 4.79 Å². The SMILES string of the molecule is CN1C(=O)CC[C@]2(C)c3ccc(Sc4nc5c(Br)cccc5s4)cc3CCC12. The average molecular weight is 473 g/mol. The molecule has 1 aromatic heterocycles. The first kappa shape index (κ1) is 18.6. The van der Waals surface area contributed by atoms with Gasteiger partial charge in [0, 0.05) is 34.3 Å². The predicted octanol–water partition coefficient (Wildman–Crippen LogP) is 6.03. The van der Waals surface area contributed by atoms with Crippen molar-refractivity contribution in [1.82, 2.24) is 9.88 Å². The number of carbonyl (C=O) groups is 1. The van der Waals surface area contributed by atoms with E-state index in [0.29, 0.717) is 18.4 Å². The number of aryl methyl sites for hydroxylation is 1. The number of para-hydroxylation sites is 1. The number of carbonyl (C=O) groups excluding carboxylic acids is 1. The van der Waals surface area contributed by atoms with Gasteiger partial charge in [0.2, 0.25) is 5.91 Å². The van der Waals surface area contributed by atoms with E-state index in [-0.39, 0.29) is 5.41 Å². The van der Waals surface area contributed by atoms with Crippen LogP contribution >= 0.6 is 39.0 Å². The summed E-state index contributed by atoms with van der Waals surface area (Å²) in [5, 5.41) is 0.